The van der Waals surface area contributed by atoms with Gasteiger partial charge in [0, 0.05) is 0 Å². The van der Waals surface area contributed by atoms with Gasteiger partial charge in [-0.25, -0.2) is 4.99 Å². The highest BCUT2D eigenvalue weighted by Gasteiger charge is 1.91. The van der Waals surface area contributed by atoms with Crippen LogP contribution in [-0.4, -0.2) is 18.5 Å². The Labute approximate surface area is 70.9 Å². The Bertz CT molecular complexity index is 119. The van der Waals surface area contributed by atoms with E-state index in [-0.39, 0.29) is 43.1 Å². The summed E-state index contributed by atoms with van der Waals surface area (Å²) in [5.74, 6) is -0.269. The van der Waals surface area contributed by atoms with Gasteiger partial charge >= 0.3 is 0 Å². The van der Waals surface area contributed by atoms with Crippen molar-refractivity contribution in [2.24, 2.45) is 9.98 Å². The van der Waals surface area contributed by atoms with Crippen molar-refractivity contribution in [3.8, 4) is 0 Å². The van der Waals surface area contributed by atoms with Crippen LogP contribution in [0.15, 0.2) is 9.98 Å². The predicted octanol–water partition coefficient (Wildman–Crippen LogP) is 0.891. The Morgan fingerprint density at radius 3 is 1.89 bits per heavy atom. The number of amides is 1. The monoisotopic (exact) mass is 190 g/mol. The SMILES string of the molecule is Cl.Cl.Cl.O=C1C=NC=N1. The van der Waals surface area contributed by atoms with E-state index in [1.165, 1.54) is 12.6 Å². The second-order valence-electron chi connectivity index (χ2n) is 0.861. The molecule has 1 rings (SSSR count). The first-order chi connectivity index (χ1) is 2.89. The van der Waals surface area contributed by atoms with Crippen molar-refractivity contribution in [3.05, 3.63) is 0 Å². The van der Waals surface area contributed by atoms with Gasteiger partial charge in [0.05, 0.1) is 6.21 Å². The van der Waals surface area contributed by atoms with Crippen LogP contribution < -0.4 is 0 Å². The summed E-state index contributed by atoms with van der Waals surface area (Å²) in [5, 5.41) is 0. The lowest BCUT2D eigenvalue weighted by atomic mass is 10.7. The lowest BCUT2D eigenvalue weighted by Crippen LogP contribution is -1.84. The summed E-state index contributed by atoms with van der Waals surface area (Å²) >= 11 is 0. The van der Waals surface area contributed by atoms with Gasteiger partial charge in [0.25, 0.3) is 5.91 Å². The molecule has 0 bridgehead atoms. The average molecular weight is 191 g/mol. The molecule has 0 aromatic carbocycles. The molecule has 3 nitrogen and oxygen atoms in total. The molecule has 0 saturated carbocycles. The van der Waals surface area contributed by atoms with Gasteiger partial charge in [0.2, 0.25) is 0 Å². The number of carbonyl (C=O) groups is 1. The van der Waals surface area contributed by atoms with Gasteiger partial charge in [-0.3, -0.25) is 4.79 Å². The Balaban J connectivity index is -0.000000120. The van der Waals surface area contributed by atoms with E-state index in [2.05, 4.69) is 9.98 Å². The van der Waals surface area contributed by atoms with Crippen LogP contribution in [0.2, 0.25) is 0 Å². The number of aliphatic imine (C=N–C) groups is 2. The van der Waals surface area contributed by atoms with Crippen LogP contribution in [0.1, 0.15) is 0 Å². The Morgan fingerprint density at radius 2 is 1.78 bits per heavy atom. The maximum absolute atomic E-state index is 9.90. The highest BCUT2D eigenvalue weighted by molar-refractivity contribution is 6.32. The fourth-order valence-corrected chi connectivity index (χ4v) is 0.221. The van der Waals surface area contributed by atoms with E-state index in [9.17, 15) is 4.79 Å². The highest BCUT2D eigenvalue weighted by atomic mass is 35.5. The van der Waals surface area contributed by atoms with Crippen molar-refractivity contribution in [2.45, 2.75) is 0 Å². The van der Waals surface area contributed by atoms with Crippen molar-refractivity contribution < 1.29 is 4.79 Å². The fraction of sp³-hybridized carbons (Fsp3) is 0. The Kier molecular flexibility index (Phi) is 14.0. The van der Waals surface area contributed by atoms with Gasteiger partial charge in [-0.1, -0.05) is 0 Å². The molecule has 1 amide bonds. The van der Waals surface area contributed by atoms with Crippen LogP contribution in [0.25, 0.3) is 0 Å². The third-order valence-corrected chi connectivity index (χ3v) is 0.437. The smallest absolute Gasteiger partial charge is 0.266 e. The Hall–Kier alpha value is -0.120. The number of halogens is 3. The molecule has 1 aliphatic rings. The lowest BCUT2D eigenvalue weighted by Gasteiger charge is -1.59. The van der Waals surface area contributed by atoms with Crippen LogP contribution in [-0.2, 0) is 4.79 Å². The lowest BCUT2D eigenvalue weighted by molar-refractivity contribution is -0.111. The number of rotatable bonds is 0. The quantitative estimate of drug-likeness (QED) is 0.561. The fourth-order valence-electron chi connectivity index (χ4n) is 0.221. The summed E-state index contributed by atoms with van der Waals surface area (Å²) in [7, 11) is 0. The van der Waals surface area contributed by atoms with E-state index < -0.39 is 0 Å². The molecule has 0 saturated heterocycles. The summed E-state index contributed by atoms with van der Waals surface area (Å²) in [4.78, 5) is 16.5. The first-order valence-corrected chi connectivity index (χ1v) is 1.49. The number of nitrogens with zero attached hydrogens (tertiary/aromatic N) is 2. The summed E-state index contributed by atoms with van der Waals surface area (Å²) < 4.78 is 0. The molecule has 0 aliphatic carbocycles. The third kappa shape index (κ3) is 5.76. The van der Waals surface area contributed by atoms with Gasteiger partial charge < -0.3 is 0 Å². The maximum atomic E-state index is 9.90. The highest BCUT2D eigenvalue weighted by Crippen LogP contribution is 1.75. The zero-order valence-corrected chi connectivity index (χ0v) is 6.63. The number of hydrogen-bond acceptors (Lipinski definition) is 2. The van der Waals surface area contributed by atoms with Gasteiger partial charge in [0.15, 0.2) is 0 Å². The summed E-state index contributed by atoms with van der Waals surface area (Å²) in [6.07, 6.45) is 2.39. The molecule has 0 spiro atoms. The van der Waals surface area contributed by atoms with E-state index in [4.69, 9.17) is 0 Å². The molecule has 6 heteroatoms. The van der Waals surface area contributed by atoms with Gasteiger partial charge in [-0.05, 0) is 0 Å². The van der Waals surface area contributed by atoms with Gasteiger partial charge in [-0.15, -0.1) is 37.2 Å². The standard InChI is InChI=1S/C3H2N2O.3ClH/c6-3-1-4-2-5-3;;;/h1-2H;3*1H. The molecular weight excluding hydrogens is 186 g/mol. The van der Waals surface area contributed by atoms with Crippen LogP contribution >= 0.6 is 37.2 Å². The second-order valence-corrected chi connectivity index (χ2v) is 0.861. The first kappa shape index (κ1) is 15.9. The molecule has 0 N–H and O–H groups in total. The molecular formula is C3H5Cl3N2O. The van der Waals surface area contributed by atoms with E-state index in [1.54, 1.807) is 0 Å². The van der Waals surface area contributed by atoms with E-state index >= 15 is 0 Å². The molecule has 9 heavy (non-hydrogen) atoms. The van der Waals surface area contributed by atoms with Crippen molar-refractivity contribution in [2.75, 3.05) is 0 Å². The van der Waals surface area contributed by atoms with E-state index in [0.29, 0.717) is 0 Å². The molecule has 0 unspecified atom stereocenters. The molecule has 0 atom stereocenters. The van der Waals surface area contributed by atoms with Crippen molar-refractivity contribution in [3.63, 3.8) is 0 Å². The number of hydrogen-bond donors (Lipinski definition) is 0. The molecule has 0 aromatic rings. The van der Waals surface area contributed by atoms with Gasteiger partial charge in [-0.2, -0.15) is 4.99 Å². The molecule has 1 heterocycles. The van der Waals surface area contributed by atoms with Gasteiger partial charge in [0.1, 0.15) is 6.34 Å². The minimum Gasteiger partial charge on any atom is -0.266 e. The van der Waals surface area contributed by atoms with Crippen LogP contribution in [0, 0.1) is 0 Å². The van der Waals surface area contributed by atoms with Crippen LogP contribution in [0.3, 0.4) is 0 Å². The molecule has 0 fully saturated rings. The maximum Gasteiger partial charge on any atom is 0.289 e. The zero-order valence-electron chi connectivity index (χ0n) is 4.18. The second kappa shape index (κ2) is 7.88. The minimum atomic E-state index is -0.269. The average Bonchev–Trinajstić information content (AvgIpc) is 1.86. The molecule has 54 valence electrons. The molecule has 0 aromatic heterocycles. The largest absolute Gasteiger partial charge is 0.289 e. The zero-order chi connectivity index (χ0) is 4.41. The summed E-state index contributed by atoms with van der Waals surface area (Å²) in [6.45, 7) is 0. The van der Waals surface area contributed by atoms with E-state index in [0.717, 1.165) is 0 Å². The minimum absolute atomic E-state index is 0. The van der Waals surface area contributed by atoms with Crippen molar-refractivity contribution in [1.29, 1.82) is 0 Å². The van der Waals surface area contributed by atoms with Crippen molar-refractivity contribution in [1.82, 2.24) is 0 Å². The topological polar surface area (TPSA) is 41.8 Å². The van der Waals surface area contributed by atoms with Crippen LogP contribution in [0.4, 0.5) is 0 Å². The predicted molar refractivity (Wildman–Crippen MR) is 43.7 cm³/mol. The summed E-state index contributed by atoms with van der Waals surface area (Å²) in [5.41, 5.74) is 0. The van der Waals surface area contributed by atoms with Crippen LogP contribution in [0.5, 0.6) is 0 Å². The molecule has 0 radical (unpaired) electrons. The molecule has 1 aliphatic heterocycles. The Morgan fingerprint density at radius 1 is 1.22 bits per heavy atom. The van der Waals surface area contributed by atoms with E-state index in [1.807, 2.05) is 0 Å². The number of carbonyl (C=O) groups excluding carboxylic acids is 1. The first-order valence-electron chi connectivity index (χ1n) is 1.49. The third-order valence-electron chi connectivity index (χ3n) is 0.437. The van der Waals surface area contributed by atoms with Crippen molar-refractivity contribution >= 4 is 55.7 Å². The summed E-state index contributed by atoms with van der Waals surface area (Å²) in [6, 6.07) is 0. The normalized spacial score (nSPS) is 11.3.